The van der Waals surface area contributed by atoms with Gasteiger partial charge in [0.15, 0.2) is 0 Å². The lowest BCUT2D eigenvalue weighted by Gasteiger charge is -2.28. The molecule has 0 aromatic heterocycles. The molecule has 2 amide bonds. The third-order valence-electron chi connectivity index (χ3n) is 2.86. The highest BCUT2D eigenvalue weighted by Crippen LogP contribution is 2.24. The fourth-order valence-electron chi connectivity index (χ4n) is 2.08. The summed E-state index contributed by atoms with van der Waals surface area (Å²) in [5.41, 5.74) is 0. The van der Waals surface area contributed by atoms with Gasteiger partial charge in [-0.05, 0) is 39.5 Å². The van der Waals surface area contributed by atoms with Gasteiger partial charge >= 0.3 is 6.09 Å². The van der Waals surface area contributed by atoms with Crippen molar-refractivity contribution in [2.75, 3.05) is 0 Å². The minimum atomic E-state index is -0.977. The highest BCUT2D eigenvalue weighted by atomic mass is 16.4. The van der Waals surface area contributed by atoms with Crippen molar-refractivity contribution in [2.24, 2.45) is 5.92 Å². The first-order valence-corrected chi connectivity index (χ1v) is 5.79. The van der Waals surface area contributed by atoms with Gasteiger partial charge in [0.1, 0.15) is 0 Å². The minimum Gasteiger partial charge on any atom is -0.465 e. The van der Waals surface area contributed by atoms with Crippen LogP contribution < -0.4 is 10.6 Å². The lowest BCUT2D eigenvalue weighted by Crippen LogP contribution is -2.41. The number of nitrogens with one attached hydrogen (secondary N) is 2. The third kappa shape index (κ3) is 4.08. The van der Waals surface area contributed by atoms with Crippen LogP contribution in [0.5, 0.6) is 0 Å². The second kappa shape index (κ2) is 5.72. The normalized spacial score (nSPS) is 25.2. The van der Waals surface area contributed by atoms with E-state index < -0.39 is 6.09 Å². The first-order valence-electron chi connectivity index (χ1n) is 5.79. The van der Waals surface area contributed by atoms with E-state index in [2.05, 4.69) is 10.6 Å². The minimum absolute atomic E-state index is 0.0144. The van der Waals surface area contributed by atoms with Crippen molar-refractivity contribution in [3.8, 4) is 0 Å². The number of amides is 2. The predicted molar refractivity (Wildman–Crippen MR) is 60.2 cm³/mol. The molecule has 0 unspecified atom stereocenters. The molecule has 1 aliphatic carbocycles. The molecule has 1 fully saturated rings. The van der Waals surface area contributed by atoms with Crippen LogP contribution in [0.1, 0.15) is 39.5 Å². The van der Waals surface area contributed by atoms with E-state index in [1.165, 1.54) is 0 Å². The van der Waals surface area contributed by atoms with Gasteiger partial charge in [0.05, 0.1) is 0 Å². The largest absolute Gasteiger partial charge is 0.465 e. The van der Waals surface area contributed by atoms with Crippen molar-refractivity contribution < 1.29 is 14.7 Å². The second-order valence-electron chi connectivity index (χ2n) is 4.66. The summed E-state index contributed by atoms with van der Waals surface area (Å²) in [4.78, 5) is 22.1. The molecule has 92 valence electrons. The molecular weight excluding hydrogens is 208 g/mol. The summed E-state index contributed by atoms with van der Waals surface area (Å²) in [6.07, 6.45) is 2.06. The number of carbonyl (C=O) groups is 2. The van der Waals surface area contributed by atoms with Crippen molar-refractivity contribution in [1.29, 1.82) is 0 Å². The molecule has 1 aliphatic rings. The topological polar surface area (TPSA) is 78.4 Å². The van der Waals surface area contributed by atoms with Crippen LogP contribution in [0.4, 0.5) is 4.79 Å². The van der Waals surface area contributed by atoms with Gasteiger partial charge in [0.25, 0.3) is 0 Å². The molecule has 0 bridgehead atoms. The van der Waals surface area contributed by atoms with Gasteiger partial charge in [-0.3, -0.25) is 4.79 Å². The fraction of sp³-hybridized carbons (Fsp3) is 0.818. The molecule has 0 radical (unpaired) electrons. The number of carboxylic acid groups (broad SMARTS) is 1. The third-order valence-corrected chi connectivity index (χ3v) is 2.86. The Balaban J connectivity index is 2.31. The highest BCUT2D eigenvalue weighted by Gasteiger charge is 2.27. The van der Waals surface area contributed by atoms with Crippen LogP contribution in [0.3, 0.4) is 0 Å². The standard InChI is InChI=1S/C11H20N2O3/c1-7(2)12-10(14)8-3-5-9(6-4-8)13-11(15)16/h7-9,13H,3-6H2,1-2H3,(H,12,14)(H,15,16). The Labute approximate surface area is 95.6 Å². The molecule has 0 aromatic rings. The van der Waals surface area contributed by atoms with E-state index in [1.807, 2.05) is 13.8 Å². The first-order chi connectivity index (χ1) is 7.49. The van der Waals surface area contributed by atoms with E-state index in [0.29, 0.717) is 0 Å². The van der Waals surface area contributed by atoms with Gasteiger partial charge in [-0.1, -0.05) is 0 Å². The van der Waals surface area contributed by atoms with Crippen LogP contribution in [0, 0.1) is 5.92 Å². The lowest BCUT2D eigenvalue weighted by atomic mass is 9.85. The van der Waals surface area contributed by atoms with Crippen LogP contribution in [-0.4, -0.2) is 29.2 Å². The SMILES string of the molecule is CC(C)NC(=O)C1CCC(NC(=O)O)CC1. The summed E-state index contributed by atoms with van der Waals surface area (Å²) in [7, 11) is 0. The number of hydrogen-bond acceptors (Lipinski definition) is 2. The summed E-state index contributed by atoms with van der Waals surface area (Å²) in [6.45, 7) is 3.88. The molecule has 5 nitrogen and oxygen atoms in total. The van der Waals surface area contributed by atoms with Crippen molar-refractivity contribution in [3.63, 3.8) is 0 Å². The zero-order chi connectivity index (χ0) is 12.1. The molecule has 0 aliphatic heterocycles. The van der Waals surface area contributed by atoms with Gasteiger partial charge in [-0.2, -0.15) is 0 Å². The average Bonchev–Trinajstić information content (AvgIpc) is 2.16. The molecular formula is C11H20N2O3. The Morgan fingerprint density at radius 2 is 1.75 bits per heavy atom. The zero-order valence-corrected chi connectivity index (χ0v) is 9.82. The summed E-state index contributed by atoms with van der Waals surface area (Å²) in [5.74, 6) is 0.151. The number of hydrogen-bond donors (Lipinski definition) is 3. The van der Waals surface area contributed by atoms with Crippen LogP contribution in [0.25, 0.3) is 0 Å². The molecule has 5 heteroatoms. The molecule has 0 aromatic carbocycles. The lowest BCUT2D eigenvalue weighted by molar-refractivity contribution is -0.126. The molecule has 1 saturated carbocycles. The molecule has 16 heavy (non-hydrogen) atoms. The van der Waals surface area contributed by atoms with E-state index >= 15 is 0 Å². The Bertz CT molecular complexity index is 258. The zero-order valence-electron chi connectivity index (χ0n) is 9.82. The molecule has 0 heterocycles. The maximum Gasteiger partial charge on any atom is 0.404 e. The smallest absolute Gasteiger partial charge is 0.404 e. The van der Waals surface area contributed by atoms with Gasteiger partial charge in [0, 0.05) is 18.0 Å². The summed E-state index contributed by atoms with van der Waals surface area (Å²) >= 11 is 0. The van der Waals surface area contributed by atoms with Crippen molar-refractivity contribution >= 4 is 12.0 Å². The average molecular weight is 228 g/mol. The molecule has 0 spiro atoms. The van der Waals surface area contributed by atoms with E-state index in [1.54, 1.807) is 0 Å². The van der Waals surface area contributed by atoms with E-state index in [0.717, 1.165) is 25.7 Å². The Hall–Kier alpha value is -1.26. The fourth-order valence-corrected chi connectivity index (χ4v) is 2.08. The molecule has 0 saturated heterocycles. The second-order valence-corrected chi connectivity index (χ2v) is 4.66. The summed E-state index contributed by atoms with van der Waals surface area (Å²) in [6, 6.07) is 0.183. The van der Waals surface area contributed by atoms with E-state index in [9.17, 15) is 9.59 Å². The van der Waals surface area contributed by atoms with Crippen molar-refractivity contribution in [2.45, 2.75) is 51.6 Å². The van der Waals surface area contributed by atoms with Gasteiger partial charge in [-0.15, -0.1) is 0 Å². The quantitative estimate of drug-likeness (QED) is 0.682. The van der Waals surface area contributed by atoms with Crippen LogP contribution in [0.15, 0.2) is 0 Å². The van der Waals surface area contributed by atoms with Crippen molar-refractivity contribution in [3.05, 3.63) is 0 Å². The molecule has 0 atom stereocenters. The van der Waals surface area contributed by atoms with Crippen LogP contribution in [0.2, 0.25) is 0 Å². The van der Waals surface area contributed by atoms with Gasteiger partial charge in [-0.25, -0.2) is 4.79 Å². The van der Waals surface area contributed by atoms with E-state index in [-0.39, 0.29) is 23.9 Å². The Morgan fingerprint density at radius 1 is 1.19 bits per heavy atom. The van der Waals surface area contributed by atoms with Crippen LogP contribution >= 0.6 is 0 Å². The van der Waals surface area contributed by atoms with Crippen LogP contribution in [-0.2, 0) is 4.79 Å². The summed E-state index contributed by atoms with van der Waals surface area (Å²) < 4.78 is 0. The molecule has 3 N–H and O–H groups in total. The monoisotopic (exact) mass is 228 g/mol. The van der Waals surface area contributed by atoms with E-state index in [4.69, 9.17) is 5.11 Å². The Morgan fingerprint density at radius 3 is 2.19 bits per heavy atom. The van der Waals surface area contributed by atoms with Crippen molar-refractivity contribution in [1.82, 2.24) is 10.6 Å². The Kier molecular flexibility index (Phi) is 4.58. The molecule has 1 rings (SSSR count). The number of carbonyl (C=O) groups excluding carboxylic acids is 1. The maximum absolute atomic E-state index is 11.7. The first kappa shape index (κ1) is 12.8. The maximum atomic E-state index is 11.7. The van der Waals surface area contributed by atoms with Gasteiger partial charge < -0.3 is 15.7 Å². The number of rotatable bonds is 3. The predicted octanol–water partition coefficient (Wildman–Crippen LogP) is 1.34. The van der Waals surface area contributed by atoms with Gasteiger partial charge in [0.2, 0.25) is 5.91 Å². The highest BCUT2D eigenvalue weighted by molar-refractivity contribution is 5.79. The summed E-state index contributed by atoms with van der Waals surface area (Å²) in [5, 5.41) is 13.9.